The Morgan fingerprint density at radius 3 is 2.60 bits per heavy atom. The lowest BCUT2D eigenvalue weighted by atomic mass is 9.98. The van der Waals surface area contributed by atoms with E-state index in [0.717, 1.165) is 35.9 Å². The Balaban J connectivity index is 1.97. The van der Waals surface area contributed by atoms with Crippen LogP contribution in [0.2, 0.25) is 0 Å². The van der Waals surface area contributed by atoms with E-state index in [1.807, 2.05) is 12.1 Å². The summed E-state index contributed by atoms with van der Waals surface area (Å²) in [6, 6.07) is 8.12. The van der Waals surface area contributed by atoms with E-state index in [-0.39, 0.29) is 5.56 Å². The molecule has 0 radical (unpaired) electrons. The van der Waals surface area contributed by atoms with Crippen LogP contribution in [-0.4, -0.2) is 43.8 Å². The highest BCUT2D eigenvalue weighted by Crippen LogP contribution is 2.39. The van der Waals surface area contributed by atoms with Crippen molar-refractivity contribution in [1.29, 1.82) is 0 Å². The van der Waals surface area contributed by atoms with Crippen molar-refractivity contribution in [3.05, 3.63) is 47.3 Å². The molecular weight excluding hydrogens is 391 g/mol. The van der Waals surface area contributed by atoms with Gasteiger partial charge >= 0.3 is 5.97 Å². The second kappa shape index (κ2) is 8.86. The summed E-state index contributed by atoms with van der Waals surface area (Å²) in [6.07, 6.45) is 1.92. The van der Waals surface area contributed by atoms with Crippen LogP contribution in [0.5, 0.6) is 11.5 Å². The number of carbonyl (C=O) groups excluding carboxylic acids is 1. The third-order valence-electron chi connectivity index (χ3n) is 4.90. The Morgan fingerprint density at radius 1 is 1.20 bits per heavy atom. The van der Waals surface area contributed by atoms with Gasteiger partial charge in [-0.25, -0.2) is 4.39 Å². The molecule has 7 nitrogen and oxygen atoms in total. The highest BCUT2D eigenvalue weighted by atomic mass is 19.1. The number of carbonyl (C=O) groups is 2. The molecule has 3 rings (SSSR count). The smallest absolute Gasteiger partial charge is 0.325 e. The minimum Gasteiger partial charge on any atom is -0.496 e. The average molecular weight is 414 g/mol. The summed E-state index contributed by atoms with van der Waals surface area (Å²) in [7, 11) is 2.95. The molecule has 1 heterocycles. The zero-order valence-electron chi connectivity index (χ0n) is 16.9. The molecule has 0 fully saturated rings. The summed E-state index contributed by atoms with van der Waals surface area (Å²) in [5, 5.41) is 14.2. The molecule has 1 aliphatic rings. The normalized spacial score (nSPS) is 13.8. The molecule has 2 aromatic carbocycles. The number of halogens is 1. The topological polar surface area (TPSA) is 96.9 Å². The zero-order valence-corrected chi connectivity index (χ0v) is 16.9. The zero-order chi connectivity index (χ0) is 21.8. The summed E-state index contributed by atoms with van der Waals surface area (Å²) >= 11 is 0. The van der Waals surface area contributed by atoms with Crippen LogP contribution in [0.25, 0.3) is 17.2 Å². The molecular formula is C22H23FN2O5. The van der Waals surface area contributed by atoms with Crippen molar-refractivity contribution in [3.8, 4) is 22.6 Å². The summed E-state index contributed by atoms with van der Waals surface area (Å²) in [6.45, 7) is 2.14. The second-order valence-corrected chi connectivity index (χ2v) is 6.87. The van der Waals surface area contributed by atoms with Crippen molar-refractivity contribution in [3.63, 3.8) is 0 Å². The fourth-order valence-electron chi connectivity index (χ4n) is 3.26. The van der Waals surface area contributed by atoms with Crippen molar-refractivity contribution in [1.82, 2.24) is 5.32 Å². The van der Waals surface area contributed by atoms with Gasteiger partial charge in [-0.15, -0.1) is 0 Å². The van der Waals surface area contributed by atoms with Crippen LogP contribution in [0.1, 0.15) is 18.1 Å². The van der Waals surface area contributed by atoms with E-state index < -0.39 is 23.7 Å². The van der Waals surface area contributed by atoms with Crippen LogP contribution in [0.3, 0.4) is 0 Å². The maximum absolute atomic E-state index is 14.4. The summed E-state index contributed by atoms with van der Waals surface area (Å²) in [5.41, 5.74) is 4.29. The molecule has 8 heteroatoms. The lowest BCUT2D eigenvalue weighted by molar-refractivity contribution is -0.140. The van der Waals surface area contributed by atoms with E-state index in [4.69, 9.17) is 14.6 Å². The number of rotatable bonds is 7. The van der Waals surface area contributed by atoms with E-state index in [1.54, 1.807) is 12.1 Å². The summed E-state index contributed by atoms with van der Waals surface area (Å²) < 4.78 is 25.3. The molecule has 0 spiro atoms. The molecule has 158 valence electrons. The number of benzene rings is 2. The predicted octanol–water partition coefficient (Wildman–Crippen LogP) is 3.24. The third kappa shape index (κ3) is 4.37. The van der Waals surface area contributed by atoms with Crippen LogP contribution < -0.4 is 20.1 Å². The van der Waals surface area contributed by atoms with Crippen molar-refractivity contribution < 1.29 is 28.6 Å². The van der Waals surface area contributed by atoms with Crippen molar-refractivity contribution in [2.45, 2.75) is 19.4 Å². The quantitative estimate of drug-likeness (QED) is 0.602. The molecule has 30 heavy (non-hydrogen) atoms. The Kier molecular flexibility index (Phi) is 6.25. The van der Waals surface area contributed by atoms with Gasteiger partial charge in [0, 0.05) is 23.4 Å². The molecule has 0 saturated carbocycles. The maximum atomic E-state index is 14.4. The third-order valence-corrected chi connectivity index (χ3v) is 4.90. The van der Waals surface area contributed by atoms with Gasteiger partial charge in [0.2, 0.25) is 0 Å². The van der Waals surface area contributed by atoms with Gasteiger partial charge in [0.25, 0.3) is 5.91 Å². The number of anilines is 1. The molecule has 0 aliphatic carbocycles. The van der Waals surface area contributed by atoms with Gasteiger partial charge in [-0.05, 0) is 54.8 Å². The molecule has 0 saturated heterocycles. The molecule has 1 amide bonds. The van der Waals surface area contributed by atoms with E-state index in [9.17, 15) is 14.0 Å². The average Bonchev–Trinajstić information content (AvgIpc) is 3.20. The largest absolute Gasteiger partial charge is 0.496 e. The molecule has 0 unspecified atom stereocenters. The van der Waals surface area contributed by atoms with Crippen molar-refractivity contribution >= 4 is 23.6 Å². The Hall–Kier alpha value is -3.55. The highest BCUT2D eigenvalue weighted by molar-refractivity contribution is 5.98. The number of hydrogen-bond acceptors (Lipinski definition) is 5. The first-order chi connectivity index (χ1) is 14.3. The Bertz CT molecular complexity index is 1020. The van der Waals surface area contributed by atoms with Crippen LogP contribution in [0, 0.1) is 0 Å². The number of methoxy groups -OCH3 is 2. The molecule has 1 atom stereocenters. The number of ether oxygens (including phenoxy) is 2. The van der Waals surface area contributed by atoms with E-state index in [1.165, 1.54) is 26.7 Å². The fraction of sp³-hybridized carbons (Fsp3) is 0.273. The monoisotopic (exact) mass is 414 g/mol. The number of aliphatic carboxylic acids is 1. The van der Waals surface area contributed by atoms with Crippen LogP contribution >= 0.6 is 0 Å². The maximum Gasteiger partial charge on any atom is 0.325 e. The van der Waals surface area contributed by atoms with Gasteiger partial charge in [-0.1, -0.05) is 6.07 Å². The van der Waals surface area contributed by atoms with Crippen LogP contribution in [0.4, 0.5) is 10.1 Å². The minimum absolute atomic E-state index is 0.288. The highest BCUT2D eigenvalue weighted by Gasteiger charge is 2.19. The van der Waals surface area contributed by atoms with Gasteiger partial charge in [-0.3, -0.25) is 9.59 Å². The molecule has 0 aromatic heterocycles. The van der Waals surface area contributed by atoms with Gasteiger partial charge in [0.05, 0.1) is 14.2 Å². The SMILES string of the molecule is COc1cc(-c2ccc3c(c2)CCN3)c(OC)cc1/C=C(/F)C(=O)N[C@H](C)C(=O)O. The van der Waals surface area contributed by atoms with E-state index in [0.29, 0.717) is 11.5 Å². The summed E-state index contributed by atoms with van der Waals surface area (Å²) in [4.78, 5) is 22.8. The van der Waals surface area contributed by atoms with E-state index >= 15 is 0 Å². The van der Waals surface area contributed by atoms with Crippen LogP contribution in [0.15, 0.2) is 36.2 Å². The van der Waals surface area contributed by atoms with Gasteiger partial charge < -0.3 is 25.2 Å². The first-order valence-electron chi connectivity index (χ1n) is 9.38. The number of carboxylic acid groups (broad SMARTS) is 1. The number of hydrogen-bond donors (Lipinski definition) is 3. The number of fused-ring (bicyclic) bond motifs is 1. The lowest BCUT2D eigenvalue weighted by Gasteiger charge is -2.15. The number of amides is 1. The fourth-order valence-corrected chi connectivity index (χ4v) is 3.26. The number of carboxylic acids is 1. The molecule has 3 N–H and O–H groups in total. The van der Waals surface area contributed by atoms with Gasteiger partial charge in [-0.2, -0.15) is 0 Å². The predicted molar refractivity (Wildman–Crippen MR) is 112 cm³/mol. The molecule has 2 aromatic rings. The van der Waals surface area contributed by atoms with Gasteiger partial charge in [0.15, 0.2) is 5.83 Å². The minimum atomic E-state index is -1.26. The lowest BCUT2D eigenvalue weighted by Crippen LogP contribution is -2.38. The van der Waals surface area contributed by atoms with E-state index in [2.05, 4.69) is 16.7 Å². The molecule has 0 bridgehead atoms. The van der Waals surface area contributed by atoms with Gasteiger partial charge in [0.1, 0.15) is 17.5 Å². The Morgan fingerprint density at radius 2 is 1.93 bits per heavy atom. The standard InChI is InChI=1S/C22H23FN2O5/c1-12(22(27)28)25-21(26)17(23)9-15-10-20(30-3)16(11-19(15)29-2)13-4-5-18-14(8-13)6-7-24-18/h4-5,8-12,24H,6-7H2,1-3H3,(H,25,26)(H,27,28)/b17-9+/t12-/m1/s1. The number of nitrogens with one attached hydrogen (secondary N) is 2. The Labute approximate surface area is 173 Å². The van der Waals surface area contributed by atoms with Crippen LogP contribution in [-0.2, 0) is 16.0 Å². The van der Waals surface area contributed by atoms with Crippen molar-refractivity contribution in [2.24, 2.45) is 0 Å². The molecule has 1 aliphatic heterocycles. The van der Waals surface area contributed by atoms with Crippen molar-refractivity contribution in [2.75, 3.05) is 26.1 Å². The summed E-state index contributed by atoms with van der Waals surface area (Å²) in [5.74, 6) is -2.69. The first kappa shape index (κ1) is 21.2. The second-order valence-electron chi connectivity index (χ2n) is 6.87. The first-order valence-corrected chi connectivity index (χ1v) is 9.38.